The molecule has 5 rings (SSSR count). The van der Waals surface area contributed by atoms with E-state index in [0.29, 0.717) is 18.0 Å². The van der Waals surface area contributed by atoms with Gasteiger partial charge in [-0.25, -0.2) is 4.98 Å². The number of carbonyl (C=O) groups is 1. The first-order chi connectivity index (χ1) is 16.5. The number of aryl methyl sites for hydroxylation is 4. The summed E-state index contributed by atoms with van der Waals surface area (Å²) >= 11 is 0. The van der Waals surface area contributed by atoms with Crippen LogP contribution in [0.5, 0.6) is 0 Å². The molecular weight excluding hydrogens is 420 g/mol. The zero-order valence-electron chi connectivity index (χ0n) is 20.0. The quantitative estimate of drug-likeness (QED) is 0.435. The number of amides is 1. The molecule has 0 saturated heterocycles. The van der Waals surface area contributed by atoms with E-state index >= 15 is 0 Å². The van der Waals surface area contributed by atoms with E-state index < -0.39 is 0 Å². The molecule has 2 aromatic heterocycles. The number of aromatic nitrogens is 3. The molecule has 3 heterocycles. The number of benzene rings is 2. The SMILES string of the molecule is Cc1ccc(-c2ccc(-c3cn4c(n3)CCC(CNC(=O)c3cnccc3C)C4)cc2)cc1C. The molecule has 0 radical (unpaired) electrons. The molecular formula is C29H30N4O. The Kier molecular flexibility index (Phi) is 6.01. The Morgan fingerprint density at radius 1 is 0.971 bits per heavy atom. The lowest BCUT2D eigenvalue weighted by molar-refractivity contribution is 0.0942. The molecule has 2 aromatic carbocycles. The minimum Gasteiger partial charge on any atom is -0.352 e. The van der Waals surface area contributed by atoms with Crippen molar-refractivity contribution in [2.45, 2.75) is 40.2 Å². The van der Waals surface area contributed by atoms with Crippen molar-refractivity contribution in [2.75, 3.05) is 6.54 Å². The molecule has 0 spiro atoms. The van der Waals surface area contributed by atoms with Gasteiger partial charge in [-0.2, -0.15) is 0 Å². The molecule has 1 N–H and O–H groups in total. The first kappa shape index (κ1) is 22.1. The molecule has 1 aliphatic rings. The second-order valence-corrected chi connectivity index (χ2v) is 9.38. The van der Waals surface area contributed by atoms with Gasteiger partial charge in [0.2, 0.25) is 0 Å². The van der Waals surface area contributed by atoms with Crippen molar-refractivity contribution in [2.24, 2.45) is 5.92 Å². The van der Waals surface area contributed by atoms with E-state index in [1.54, 1.807) is 12.4 Å². The molecule has 1 aliphatic heterocycles. The molecule has 0 fully saturated rings. The van der Waals surface area contributed by atoms with Gasteiger partial charge in [0.1, 0.15) is 5.82 Å². The van der Waals surface area contributed by atoms with Crippen molar-refractivity contribution >= 4 is 5.91 Å². The van der Waals surface area contributed by atoms with Gasteiger partial charge in [-0.05, 0) is 67.0 Å². The van der Waals surface area contributed by atoms with E-state index in [1.807, 2.05) is 13.0 Å². The van der Waals surface area contributed by atoms with E-state index in [0.717, 1.165) is 42.0 Å². The molecule has 5 nitrogen and oxygen atoms in total. The zero-order valence-corrected chi connectivity index (χ0v) is 20.0. The number of hydrogen-bond donors (Lipinski definition) is 1. The normalized spacial score (nSPS) is 15.1. The third-order valence-electron chi connectivity index (χ3n) is 6.95. The molecule has 1 atom stereocenters. The highest BCUT2D eigenvalue weighted by molar-refractivity contribution is 5.95. The topological polar surface area (TPSA) is 59.8 Å². The van der Waals surface area contributed by atoms with Crippen molar-refractivity contribution in [3.8, 4) is 22.4 Å². The maximum Gasteiger partial charge on any atom is 0.253 e. The number of fused-ring (bicyclic) bond motifs is 1. The number of nitrogens with one attached hydrogen (secondary N) is 1. The summed E-state index contributed by atoms with van der Waals surface area (Å²) in [5, 5.41) is 3.10. The van der Waals surface area contributed by atoms with Gasteiger partial charge in [0.15, 0.2) is 0 Å². The Morgan fingerprint density at radius 3 is 2.50 bits per heavy atom. The molecule has 1 amide bonds. The van der Waals surface area contributed by atoms with E-state index in [4.69, 9.17) is 4.98 Å². The predicted molar refractivity (Wildman–Crippen MR) is 136 cm³/mol. The maximum absolute atomic E-state index is 12.5. The van der Waals surface area contributed by atoms with Gasteiger partial charge < -0.3 is 9.88 Å². The van der Waals surface area contributed by atoms with Crippen LogP contribution in [0.25, 0.3) is 22.4 Å². The van der Waals surface area contributed by atoms with Gasteiger partial charge in [0.25, 0.3) is 5.91 Å². The Morgan fingerprint density at radius 2 is 1.74 bits per heavy atom. The highest BCUT2D eigenvalue weighted by atomic mass is 16.1. The van der Waals surface area contributed by atoms with Crippen LogP contribution in [0.4, 0.5) is 0 Å². The molecule has 34 heavy (non-hydrogen) atoms. The summed E-state index contributed by atoms with van der Waals surface area (Å²) in [5.41, 5.74) is 8.82. The van der Waals surface area contributed by atoms with Crippen molar-refractivity contribution in [1.29, 1.82) is 0 Å². The van der Waals surface area contributed by atoms with Crippen molar-refractivity contribution in [1.82, 2.24) is 19.9 Å². The first-order valence-electron chi connectivity index (χ1n) is 11.9. The van der Waals surface area contributed by atoms with Crippen LogP contribution in [0, 0.1) is 26.7 Å². The largest absolute Gasteiger partial charge is 0.352 e. The maximum atomic E-state index is 12.5. The summed E-state index contributed by atoms with van der Waals surface area (Å²) in [6.45, 7) is 7.76. The summed E-state index contributed by atoms with van der Waals surface area (Å²) in [7, 11) is 0. The Bertz CT molecular complexity index is 1340. The van der Waals surface area contributed by atoms with Crippen LogP contribution in [0.15, 0.2) is 67.1 Å². The molecule has 0 bridgehead atoms. The summed E-state index contributed by atoms with van der Waals surface area (Å²) < 4.78 is 2.25. The van der Waals surface area contributed by atoms with Gasteiger partial charge in [-0.3, -0.25) is 9.78 Å². The van der Waals surface area contributed by atoms with Crippen LogP contribution >= 0.6 is 0 Å². The van der Waals surface area contributed by atoms with Gasteiger partial charge in [-0.15, -0.1) is 0 Å². The number of hydrogen-bond acceptors (Lipinski definition) is 3. The average Bonchev–Trinajstić information content (AvgIpc) is 3.28. The van der Waals surface area contributed by atoms with Crippen LogP contribution in [0.3, 0.4) is 0 Å². The predicted octanol–water partition coefficient (Wildman–Crippen LogP) is 5.53. The summed E-state index contributed by atoms with van der Waals surface area (Å²) in [6.07, 6.45) is 7.45. The third kappa shape index (κ3) is 4.51. The van der Waals surface area contributed by atoms with Crippen LogP contribution < -0.4 is 5.32 Å². The Labute approximate surface area is 200 Å². The van der Waals surface area contributed by atoms with E-state index in [2.05, 4.69) is 77.4 Å². The standard InChI is InChI=1S/C29H30N4O/c1-19-4-6-25(14-21(19)3)23-7-9-24(10-8-23)27-18-33-17-22(5-11-28(33)32-27)15-31-29(34)26-16-30-13-12-20(26)2/h4,6-10,12-14,16,18,22H,5,11,15,17H2,1-3H3,(H,31,34). The fraction of sp³-hybridized carbons (Fsp3) is 0.276. The van der Waals surface area contributed by atoms with Crippen molar-refractivity contribution < 1.29 is 4.79 Å². The number of nitrogens with zero attached hydrogens (tertiary/aromatic N) is 3. The second kappa shape index (κ2) is 9.26. The Balaban J connectivity index is 1.25. The molecule has 5 heteroatoms. The minimum absolute atomic E-state index is 0.0495. The van der Waals surface area contributed by atoms with Gasteiger partial charge in [0.05, 0.1) is 11.3 Å². The van der Waals surface area contributed by atoms with Crippen LogP contribution in [0.1, 0.15) is 39.3 Å². The number of imidazole rings is 1. The second-order valence-electron chi connectivity index (χ2n) is 9.38. The smallest absolute Gasteiger partial charge is 0.253 e. The van der Waals surface area contributed by atoms with Crippen LogP contribution in [-0.2, 0) is 13.0 Å². The number of carbonyl (C=O) groups excluding carboxylic acids is 1. The highest BCUT2D eigenvalue weighted by Crippen LogP contribution is 2.28. The summed E-state index contributed by atoms with van der Waals surface area (Å²) in [5.74, 6) is 1.47. The lowest BCUT2D eigenvalue weighted by Gasteiger charge is -2.24. The molecule has 0 aliphatic carbocycles. The van der Waals surface area contributed by atoms with E-state index in [-0.39, 0.29) is 5.91 Å². The van der Waals surface area contributed by atoms with Crippen molar-refractivity contribution in [3.63, 3.8) is 0 Å². The fourth-order valence-corrected chi connectivity index (χ4v) is 4.61. The highest BCUT2D eigenvalue weighted by Gasteiger charge is 2.22. The third-order valence-corrected chi connectivity index (χ3v) is 6.95. The average molecular weight is 451 g/mol. The first-order valence-corrected chi connectivity index (χ1v) is 11.9. The monoisotopic (exact) mass is 450 g/mol. The molecule has 0 saturated carbocycles. The van der Waals surface area contributed by atoms with E-state index in [1.165, 1.54) is 22.3 Å². The van der Waals surface area contributed by atoms with Crippen LogP contribution in [-0.4, -0.2) is 27.0 Å². The number of rotatable bonds is 5. The lowest BCUT2D eigenvalue weighted by atomic mass is 9.99. The number of pyridine rings is 1. The van der Waals surface area contributed by atoms with Gasteiger partial charge in [0, 0.05) is 43.7 Å². The zero-order chi connectivity index (χ0) is 23.7. The molecule has 1 unspecified atom stereocenters. The van der Waals surface area contributed by atoms with E-state index in [9.17, 15) is 4.79 Å². The molecule has 4 aromatic rings. The van der Waals surface area contributed by atoms with Gasteiger partial charge in [-0.1, -0.05) is 42.5 Å². The van der Waals surface area contributed by atoms with Gasteiger partial charge >= 0.3 is 0 Å². The molecule has 172 valence electrons. The summed E-state index contributed by atoms with van der Waals surface area (Å²) in [4.78, 5) is 21.5. The van der Waals surface area contributed by atoms with Crippen molar-refractivity contribution in [3.05, 3.63) is 95.2 Å². The summed E-state index contributed by atoms with van der Waals surface area (Å²) in [6, 6.07) is 17.1. The Hall–Kier alpha value is -3.73. The minimum atomic E-state index is -0.0495. The fourth-order valence-electron chi connectivity index (χ4n) is 4.61. The van der Waals surface area contributed by atoms with Crippen LogP contribution in [0.2, 0.25) is 0 Å². The lowest BCUT2D eigenvalue weighted by Crippen LogP contribution is -2.34.